The van der Waals surface area contributed by atoms with E-state index >= 15 is 0 Å². The van der Waals surface area contributed by atoms with Crippen LogP contribution in [0.5, 0.6) is 0 Å². The molecular formula is C13H21N5. The summed E-state index contributed by atoms with van der Waals surface area (Å²) in [6, 6.07) is 2.58. The Kier molecular flexibility index (Phi) is 3.71. The Labute approximate surface area is 108 Å². The molecule has 1 aromatic heterocycles. The average molecular weight is 247 g/mol. The van der Waals surface area contributed by atoms with Gasteiger partial charge in [0, 0.05) is 51.2 Å². The number of rotatable bonds is 3. The second-order valence-corrected chi connectivity index (χ2v) is 5.13. The molecule has 2 aliphatic rings. The summed E-state index contributed by atoms with van der Waals surface area (Å²) >= 11 is 0. The highest BCUT2D eigenvalue weighted by Gasteiger charge is 2.22. The Morgan fingerprint density at radius 2 is 1.94 bits per heavy atom. The Bertz CT molecular complexity index is 355. The molecule has 5 nitrogen and oxygen atoms in total. The third-order valence-electron chi connectivity index (χ3n) is 3.85. The lowest BCUT2D eigenvalue weighted by Gasteiger charge is -2.35. The van der Waals surface area contributed by atoms with Gasteiger partial charge in [0.2, 0.25) is 5.95 Å². The van der Waals surface area contributed by atoms with Crippen molar-refractivity contribution < 1.29 is 0 Å². The number of piperazine rings is 1. The number of nitrogens with zero attached hydrogens (tertiary/aromatic N) is 4. The van der Waals surface area contributed by atoms with Crippen molar-refractivity contribution in [3.05, 3.63) is 18.5 Å². The van der Waals surface area contributed by atoms with Gasteiger partial charge < -0.3 is 10.2 Å². The minimum atomic E-state index is 0.713. The first-order valence-corrected chi connectivity index (χ1v) is 6.89. The number of aromatic nitrogens is 2. The van der Waals surface area contributed by atoms with Gasteiger partial charge in [-0.3, -0.25) is 4.90 Å². The lowest BCUT2D eigenvalue weighted by atomic mass is 10.2. The fourth-order valence-corrected chi connectivity index (χ4v) is 2.81. The molecule has 3 heterocycles. The molecule has 0 saturated carbocycles. The summed E-state index contributed by atoms with van der Waals surface area (Å²) in [5, 5.41) is 3.57. The predicted molar refractivity (Wildman–Crippen MR) is 71.7 cm³/mol. The van der Waals surface area contributed by atoms with E-state index in [0.717, 1.165) is 32.1 Å². The Hall–Kier alpha value is -1.20. The van der Waals surface area contributed by atoms with Crippen LogP contribution in [0, 0.1) is 0 Å². The van der Waals surface area contributed by atoms with E-state index in [1.165, 1.54) is 25.9 Å². The normalized spacial score (nSPS) is 25.6. The zero-order chi connectivity index (χ0) is 12.2. The molecule has 18 heavy (non-hydrogen) atoms. The molecule has 1 atom stereocenters. The van der Waals surface area contributed by atoms with Crippen molar-refractivity contribution in [1.82, 2.24) is 20.2 Å². The standard InChI is InChI=1S/C13H21N5/c1-3-12(14-4-1)11-17-7-9-18(10-8-17)13-15-5-2-6-16-13/h2,5-6,12,14H,1,3-4,7-11H2/t12-/m1/s1. The highest BCUT2D eigenvalue weighted by molar-refractivity contribution is 5.29. The molecule has 0 aliphatic carbocycles. The molecule has 0 radical (unpaired) electrons. The second kappa shape index (κ2) is 5.63. The van der Waals surface area contributed by atoms with Gasteiger partial charge in [-0.25, -0.2) is 9.97 Å². The van der Waals surface area contributed by atoms with Crippen LogP contribution in [-0.4, -0.2) is 60.2 Å². The minimum Gasteiger partial charge on any atom is -0.338 e. The maximum Gasteiger partial charge on any atom is 0.225 e. The van der Waals surface area contributed by atoms with Crippen molar-refractivity contribution in [1.29, 1.82) is 0 Å². The van der Waals surface area contributed by atoms with E-state index in [1.807, 2.05) is 18.5 Å². The summed E-state index contributed by atoms with van der Waals surface area (Å²) in [5.74, 6) is 0.871. The minimum absolute atomic E-state index is 0.713. The first-order chi connectivity index (χ1) is 8.92. The van der Waals surface area contributed by atoms with Crippen LogP contribution in [0.15, 0.2) is 18.5 Å². The monoisotopic (exact) mass is 247 g/mol. The third kappa shape index (κ3) is 2.79. The largest absolute Gasteiger partial charge is 0.338 e. The first-order valence-electron chi connectivity index (χ1n) is 6.89. The van der Waals surface area contributed by atoms with Crippen molar-refractivity contribution in [3.8, 4) is 0 Å². The number of anilines is 1. The smallest absolute Gasteiger partial charge is 0.225 e. The van der Waals surface area contributed by atoms with E-state index in [2.05, 4.69) is 25.1 Å². The van der Waals surface area contributed by atoms with Crippen LogP contribution in [0.4, 0.5) is 5.95 Å². The van der Waals surface area contributed by atoms with Crippen LogP contribution < -0.4 is 10.2 Å². The van der Waals surface area contributed by atoms with Crippen LogP contribution >= 0.6 is 0 Å². The molecule has 2 aliphatic heterocycles. The molecule has 2 fully saturated rings. The van der Waals surface area contributed by atoms with Crippen LogP contribution in [0.25, 0.3) is 0 Å². The molecule has 5 heteroatoms. The molecule has 0 bridgehead atoms. The number of nitrogens with one attached hydrogen (secondary N) is 1. The Morgan fingerprint density at radius 3 is 2.61 bits per heavy atom. The molecule has 1 aromatic rings. The van der Waals surface area contributed by atoms with Crippen molar-refractivity contribution >= 4 is 5.95 Å². The number of hydrogen-bond acceptors (Lipinski definition) is 5. The summed E-state index contributed by atoms with van der Waals surface area (Å²) in [7, 11) is 0. The molecule has 2 saturated heterocycles. The first kappa shape index (κ1) is 11.9. The van der Waals surface area contributed by atoms with Crippen molar-refractivity contribution in [2.45, 2.75) is 18.9 Å². The lowest BCUT2D eigenvalue weighted by molar-refractivity contribution is 0.235. The summed E-state index contributed by atoms with van der Waals surface area (Å²) in [4.78, 5) is 13.5. The van der Waals surface area contributed by atoms with Crippen molar-refractivity contribution in [2.75, 3.05) is 44.2 Å². The zero-order valence-corrected chi connectivity index (χ0v) is 10.8. The molecule has 0 amide bonds. The zero-order valence-electron chi connectivity index (χ0n) is 10.8. The van der Waals surface area contributed by atoms with Crippen molar-refractivity contribution in [2.24, 2.45) is 0 Å². The van der Waals surface area contributed by atoms with Gasteiger partial charge in [0.05, 0.1) is 0 Å². The maximum atomic E-state index is 4.31. The maximum absolute atomic E-state index is 4.31. The van der Waals surface area contributed by atoms with Crippen LogP contribution in [0.3, 0.4) is 0 Å². The lowest BCUT2D eigenvalue weighted by Crippen LogP contribution is -2.50. The van der Waals surface area contributed by atoms with E-state index in [-0.39, 0.29) is 0 Å². The summed E-state index contributed by atoms with van der Waals surface area (Å²) in [5.41, 5.74) is 0. The van der Waals surface area contributed by atoms with Crippen molar-refractivity contribution in [3.63, 3.8) is 0 Å². The molecule has 0 unspecified atom stereocenters. The average Bonchev–Trinajstić information content (AvgIpc) is 2.94. The van der Waals surface area contributed by atoms with E-state index in [9.17, 15) is 0 Å². The summed E-state index contributed by atoms with van der Waals surface area (Å²) < 4.78 is 0. The molecule has 1 N–H and O–H groups in total. The highest BCUT2D eigenvalue weighted by Crippen LogP contribution is 2.12. The van der Waals surface area contributed by atoms with Gasteiger partial charge >= 0.3 is 0 Å². The van der Waals surface area contributed by atoms with E-state index in [1.54, 1.807) is 0 Å². The van der Waals surface area contributed by atoms with Crippen LogP contribution in [0.2, 0.25) is 0 Å². The van der Waals surface area contributed by atoms with Gasteiger partial charge in [-0.15, -0.1) is 0 Å². The van der Waals surface area contributed by atoms with Gasteiger partial charge in [0.1, 0.15) is 0 Å². The van der Waals surface area contributed by atoms with E-state index in [4.69, 9.17) is 0 Å². The Morgan fingerprint density at radius 1 is 1.17 bits per heavy atom. The summed E-state index contributed by atoms with van der Waals surface area (Å²) in [6.07, 6.45) is 6.30. The molecule has 0 spiro atoms. The van der Waals surface area contributed by atoms with E-state index < -0.39 is 0 Å². The molecule has 98 valence electrons. The van der Waals surface area contributed by atoms with Crippen LogP contribution in [0.1, 0.15) is 12.8 Å². The van der Waals surface area contributed by atoms with Crippen LogP contribution in [-0.2, 0) is 0 Å². The van der Waals surface area contributed by atoms with Gasteiger partial charge in [-0.05, 0) is 25.5 Å². The Balaban J connectivity index is 1.49. The fourth-order valence-electron chi connectivity index (χ4n) is 2.81. The molecule has 0 aromatic carbocycles. The van der Waals surface area contributed by atoms with Gasteiger partial charge in [-0.2, -0.15) is 0 Å². The molecule has 3 rings (SSSR count). The third-order valence-corrected chi connectivity index (χ3v) is 3.85. The quantitative estimate of drug-likeness (QED) is 0.835. The molecular weight excluding hydrogens is 226 g/mol. The van der Waals surface area contributed by atoms with Gasteiger partial charge in [0.25, 0.3) is 0 Å². The SMILES string of the molecule is c1cnc(N2CCN(C[C@H]3CCCN3)CC2)nc1. The van der Waals surface area contributed by atoms with Gasteiger partial charge in [0.15, 0.2) is 0 Å². The predicted octanol–water partition coefficient (Wildman–Crippen LogP) is 0.351. The number of hydrogen-bond donors (Lipinski definition) is 1. The summed E-state index contributed by atoms with van der Waals surface area (Å²) in [6.45, 7) is 6.71. The van der Waals surface area contributed by atoms with Gasteiger partial charge in [-0.1, -0.05) is 0 Å². The second-order valence-electron chi connectivity index (χ2n) is 5.13. The fraction of sp³-hybridized carbons (Fsp3) is 0.692. The topological polar surface area (TPSA) is 44.3 Å². The highest BCUT2D eigenvalue weighted by atomic mass is 15.3. The van der Waals surface area contributed by atoms with E-state index in [0.29, 0.717) is 6.04 Å².